The van der Waals surface area contributed by atoms with Crippen LogP contribution in [0.2, 0.25) is 0 Å². The van der Waals surface area contributed by atoms with Gasteiger partial charge in [-0.2, -0.15) is 5.10 Å². The number of carbonyl (C=O) groups excluding carboxylic acids is 1. The number of fused-ring (bicyclic) bond motifs is 3. The van der Waals surface area contributed by atoms with Crippen molar-refractivity contribution >= 4 is 11.7 Å². The third kappa shape index (κ3) is 4.46. The number of methoxy groups -OCH3 is 1. The molecule has 2 amide bonds. The summed E-state index contributed by atoms with van der Waals surface area (Å²) in [5, 5.41) is 8.17. The van der Waals surface area contributed by atoms with Gasteiger partial charge in [0.1, 0.15) is 11.6 Å². The molecule has 1 aliphatic heterocycles. The molecule has 0 saturated heterocycles. The van der Waals surface area contributed by atoms with Crippen molar-refractivity contribution in [1.82, 2.24) is 19.2 Å². The van der Waals surface area contributed by atoms with Crippen LogP contribution in [0.1, 0.15) is 41.0 Å². The van der Waals surface area contributed by atoms with Gasteiger partial charge in [-0.3, -0.25) is 0 Å². The van der Waals surface area contributed by atoms with Gasteiger partial charge in [0.05, 0.1) is 36.8 Å². The van der Waals surface area contributed by atoms with Crippen molar-refractivity contribution in [2.75, 3.05) is 12.4 Å². The molecule has 0 radical (unpaired) electrons. The Balaban J connectivity index is 1.53. The van der Waals surface area contributed by atoms with Gasteiger partial charge in [-0.25, -0.2) is 9.48 Å². The minimum absolute atomic E-state index is 0.171. The van der Waals surface area contributed by atoms with Crippen LogP contribution in [0, 0.1) is 6.92 Å². The number of hydrogen-bond acceptors (Lipinski definition) is 3. The van der Waals surface area contributed by atoms with Crippen LogP contribution in [0.25, 0.3) is 11.5 Å². The maximum Gasteiger partial charge on any atom is 0.322 e. The summed E-state index contributed by atoms with van der Waals surface area (Å²) in [6.07, 6.45) is 2.81. The minimum atomic E-state index is -0.335. The molecule has 1 unspecified atom stereocenters. The molecule has 7 nitrogen and oxygen atoms in total. The number of anilines is 1. The molecule has 5 aromatic rings. The lowest BCUT2D eigenvalue weighted by Crippen LogP contribution is -2.38. The van der Waals surface area contributed by atoms with E-state index in [2.05, 4.69) is 41.2 Å². The number of benzene rings is 3. The molecule has 0 bridgehead atoms. The fourth-order valence-corrected chi connectivity index (χ4v) is 5.32. The Hall–Kier alpha value is -4.78. The molecule has 7 heteroatoms. The summed E-state index contributed by atoms with van der Waals surface area (Å²) < 4.78 is 9.61. The van der Waals surface area contributed by atoms with Gasteiger partial charge in [-0.15, -0.1) is 0 Å². The first-order chi connectivity index (χ1) is 19.1. The zero-order valence-corrected chi connectivity index (χ0v) is 22.3. The summed E-state index contributed by atoms with van der Waals surface area (Å²) in [6, 6.07) is 29.6. The first kappa shape index (κ1) is 24.6. The van der Waals surface area contributed by atoms with Crippen molar-refractivity contribution in [3.63, 3.8) is 0 Å². The predicted molar refractivity (Wildman–Crippen MR) is 153 cm³/mol. The molecule has 0 fully saturated rings. The summed E-state index contributed by atoms with van der Waals surface area (Å²) >= 11 is 0. The normalized spacial score (nSPS) is 14.3. The second-order valence-electron chi connectivity index (χ2n) is 9.75. The first-order valence-corrected chi connectivity index (χ1v) is 13.2. The third-order valence-electron chi connectivity index (χ3n) is 7.30. The van der Waals surface area contributed by atoms with E-state index in [1.807, 2.05) is 89.3 Å². The van der Waals surface area contributed by atoms with Crippen molar-refractivity contribution in [1.29, 1.82) is 0 Å². The lowest BCUT2D eigenvalue weighted by Gasteiger charge is -2.31. The highest BCUT2D eigenvalue weighted by Gasteiger charge is 2.36. The van der Waals surface area contributed by atoms with Crippen LogP contribution in [0.3, 0.4) is 0 Å². The van der Waals surface area contributed by atoms with Gasteiger partial charge in [-0.05, 0) is 67.4 Å². The molecule has 3 aromatic carbocycles. The number of hydrogen-bond donors (Lipinski definition) is 1. The van der Waals surface area contributed by atoms with E-state index in [9.17, 15) is 4.79 Å². The molecular weight excluding hydrogens is 486 g/mol. The number of rotatable bonds is 5. The smallest absolute Gasteiger partial charge is 0.322 e. The number of nitrogens with one attached hydrogen (secondary N) is 1. The number of ether oxygens (including phenoxy) is 1. The number of aryl methyl sites for hydroxylation is 2. The second-order valence-corrected chi connectivity index (χ2v) is 9.75. The summed E-state index contributed by atoms with van der Waals surface area (Å²) in [7, 11) is 1.66. The van der Waals surface area contributed by atoms with Crippen LogP contribution >= 0.6 is 0 Å². The van der Waals surface area contributed by atoms with Crippen molar-refractivity contribution in [3.05, 3.63) is 125 Å². The number of amides is 2. The fourth-order valence-electron chi connectivity index (χ4n) is 5.32. The standard InChI is InChI=1S/C32H31N5O2/c1-4-28-27-21-36(32(38)33-24-16-12-22(2)13-17-24)30(23-14-18-26(39-3)19-15-23)29-11-8-20-35(29)31(27)37(34-28)25-9-6-5-7-10-25/h5-20,30H,4,21H2,1-3H3,(H,33,38). The van der Waals surface area contributed by atoms with E-state index in [0.717, 1.165) is 57.4 Å². The molecule has 3 heterocycles. The average molecular weight is 518 g/mol. The Bertz CT molecular complexity index is 1600. The van der Waals surface area contributed by atoms with E-state index in [1.165, 1.54) is 0 Å². The summed E-state index contributed by atoms with van der Waals surface area (Å²) in [4.78, 5) is 16.0. The van der Waals surface area contributed by atoms with Gasteiger partial charge < -0.3 is 19.5 Å². The maximum absolute atomic E-state index is 14.1. The molecule has 39 heavy (non-hydrogen) atoms. The molecular formula is C32H31N5O2. The highest BCUT2D eigenvalue weighted by Crippen LogP contribution is 2.39. The van der Waals surface area contributed by atoms with Gasteiger partial charge >= 0.3 is 6.03 Å². The number of para-hydroxylation sites is 1. The zero-order chi connectivity index (χ0) is 26.9. The van der Waals surface area contributed by atoms with E-state index in [-0.39, 0.29) is 12.1 Å². The Kier molecular flexibility index (Phi) is 6.40. The summed E-state index contributed by atoms with van der Waals surface area (Å²) in [5.74, 6) is 1.73. The van der Waals surface area contributed by atoms with Gasteiger partial charge in [0.2, 0.25) is 0 Å². The highest BCUT2D eigenvalue weighted by molar-refractivity contribution is 5.90. The van der Waals surface area contributed by atoms with Crippen LogP contribution in [0.15, 0.2) is 97.2 Å². The van der Waals surface area contributed by atoms with Crippen molar-refractivity contribution < 1.29 is 9.53 Å². The van der Waals surface area contributed by atoms with E-state index >= 15 is 0 Å². The van der Waals surface area contributed by atoms with Crippen molar-refractivity contribution in [2.24, 2.45) is 0 Å². The zero-order valence-electron chi connectivity index (χ0n) is 22.3. The monoisotopic (exact) mass is 517 g/mol. The van der Waals surface area contributed by atoms with Gasteiger partial charge in [0.15, 0.2) is 0 Å². The molecule has 1 atom stereocenters. The molecule has 196 valence electrons. The first-order valence-electron chi connectivity index (χ1n) is 13.2. The van der Waals surface area contributed by atoms with Crippen LogP contribution < -0.4 is 10.1 Å². The van der Waals surface area contributed by atoms with Crippen molar-refractivity contribution in [2.45, 2.75) is 32.9 Å². The Morgan fingerprint density at radius 2 is 1.72 bits per heavy atom. The van der Waals surface area contributed by atoms with E-state index in [1.54, 1.807) is 7.11 Å². The number of aromatic nitrogens is 3. The van der Waals surface area contributed by atoms with Crippen molar-refractivity contribution in [3.8, 4) is 17.3 Å². The number of urea groups is 1. The van der Waals surface area contributed by atoms with Gasteiger partial charge in [-0.1, -0.05) is 55.0 Å². The predicted octanol–water partition coefficient (Wildman–Crippen LogP) is 6.68. The summed E-state index contributed by atoms with van der Waals surface area (Å²) in [5.41, 5.74) is 6.87. The topological polar surface area (TPSA) is 64.3 Å². The Labute approximate surface area is 228 Å². The molecule has 0 aliphatic carbocycles. The Morgan fingerprint density at radius 3 is 2.41 bits per heavy atom. The lowest BCUT2D eigenvalue weighted by molar-refractivity contribution is 0.194. The van der Waals surface area contributed by atoms with Crippen LogP contribution in [0.5, 0.6) is 5.75 Å². The number of carbonyl (C=O) groups is 1. The quantitative estimate of drug-likeness (QED) is 0.283. The minimum Gasteiger partial charge on any atom is -0.497 e. The maximum atomic E-state index is 14.1. The molecule has 0 spiro atoms. The van der Waals surface area contributed by atoms with Gasteiger partial charge in [0.25, 0.3) is 0 Å². The van der Waals surface area contributed by atoms with Crippen LogP contribution in [0.4, 0.5) is 10.5 Å². The highest BCUT2D eigenvalue weighted by atomic mass is 16.5. The SMILES string of the molecule is CCc1nn(-c2ccccc2)c2c1CN(C(=O)Nc1ccc(C)cc1)C(c1ccc(OC)cc1)c1cccn1-2. The van der Waals surface area contributed by atoms with E-state index in [4.69, 9.17) is 9.84 Å². The Morgan fingerprint density at radius 1 is 0.974 bits per heavy atom. The molecule has 6 rings (SSSR count). The van der Waals surface area contributed by atoms with Crippen LogP contribution in [-0.2, 0) is 13.0 Å². The molecule has 0 saturated carbocycles. The lowest BCUT2D eigenvalue weighted by atomic mass is 10.0. The van der Waals surface area contributed by atoms with Gasteiger partial charge in [0, 0.05) is 17.4 Å². The number of nitrogens with zero attached hydrogens (tertiary/aromatic N) is 4. The molecule has 2 aromatic heterocycles. The average Bonchev–Trinajstić information content (AvgIpc) is 3.56. The summed E-state index contributed by atoms with van der Waals surface area (Å²) in [6.45, 7) is 4.55. The van der Waals surface area contributed by atoms with E-state index < -0.39 is 0 Å². The molecule has 1 aliphatic rings. The second kappa shape index (κ2) is 10.2. The fraction of sp³-hybridized carbons (Fsp3) is 0.188. The largest absolute Gasteiger partial charge is 0.497 e. The van der Waals surface area contributed by atoms with E-state index in [0.29, 0.717) is 6.54 Å². The van der Waals surface area contributed by atoms with Crippen LogP contribution in [-0.4, -0.2) is 32.4 Å². The molecule has 1 N–H and O–H groups in total. The third-order valence-corrected chi connectivity index (χ3v) is 7.30.